The molecule has 2 heterocycles. The van der Waals surface area contributed by atoms with E-state index in [0.717, 1.165) is 10.9 Å². The summed E-state index contributed by atoms with van der Waals surface area (Å²) in [5.74, 6) is -0.343. The van der Waals surface area contributed by atoms with Crippen LogP contribution in [0.5, 0.6) is 0 Å². The number of hydrogen-bond acceptors (Lipinski definition) is 4. The number of benzene rings is 2. The number of carbonyl (C=O) groups excluding carboxylic acids is 1. The Morgan fingerprint density at radius 2 is 1.92 bits per heavy atom. The zero-order chi connectivity index (χ0) is 18.3. The van der Waals surface area contributed by atoms with Crippen LogP contribution in [-0.2, 0) is 0 Å². The molecule has 0 saturated heterocycles. The molecule has 0 bridgehead atoms. The van der Waals surface area contributed by atoms with Crippen LogP contribution in [-0.4, -0.2) is 20.5 Å². The Morgan fingerprint density at radius 1 is 1.19 bits per heavy atom. The van der Waals surface area contributed by atoms with Gasteiger partial charge in [-0.3, -0.25) is 4.79 Å². The maximum atomic E-state index is 13.0. The molecule has 2 aromatic heterocycles. The van der Waals surface area contributed by atoms with E-state index >= 15 is 0 Å². The lowest BCUT2D eigenvalue weighted by Gasteiger charge is -2.02. The van der Waals surface area contributed by atoms with Crippen molar-refractivity contribution in [1.29, 1.82) is 5.26 Å². The third-order valence-corrected chi connectivity index (χ3v) is 4.40. The lowest BCUT2D eigenvalue weighted by molar-refractivity contribution is 0.103. The highest BCUT2D eigenvalue weighted by molar-refractivity contribution is 6.30. The topological polar surface area (TPSA) is 100 Å². The molecule has 3 N–H and O–H groups in total. The summed E-state index contributed by atoms with van der Waals surface area (Å²) in [6, 6.07) is 16.2. The van der Waals surface area contributed by atoms with Crippen molar-refractivity contribution in [2.75, 3.05) is 5.73 Å². The largest absolute Gasteiger partial charge is 0.394 e. The number of halogens is 1. The van der Waals surface area contributed by atoms with Crippen LogP contribution in [0.25, 0.3) is 16.6 Å². The number of ketones is 1. The van der Waals surface area contributed by atoms with Crippen LogP contribution in [0.15, 0.2) is 54.7 Å². The summed E-state index contributed by atoms with van der Waals surface area (Å²) in [4.78, 5) is 16.1. The van der Waals surface area contributed by atoms with Crippen LogP contribution >= 0.6 is 11.6 Å². The van der Waals surface area contributed by atoms with Gasteiger partial charge in [0.1, 0.15) is 11.8 Å². The Hall–Kier alpha value is -3.56. The standard InChI is InChI=1S/C19H12ClN5O/c20-11-5-7-12(8-6-11)25-16(9-21)17(22)18(24-25)19(26)14-10-23-15-4-2-1-3-13(14)15/h1-8,10,23H,22H2. The highest BCUT2D eigenvalue weighted by Crippen LogP contribution is 2.26. The highest BCUT2D eigenvalue weighted by atomic mass is 35.5. The van der Waals surface area contributed by atoms with Gasteiger partial charge in [-0.2, -0.15) is 10.4 Å². The number of para-hydroxylation sites is 1. The van der Waals surface area contributed by atoms with Gasteiger partial charge in [-0.1, -0.05) is 29.8 Å². The van der Waals surface area contributed by atoms with Gasteiger partial charge in [-0.25, -0.2) is 4.68 Å². The first-order valence-corrected chi connectivity index (χ1v) is 8.13. The van der Waals surface area contributed by atoms with Crippen LogP contribution in [0.2, 0.25) is 5.02 Å². The molecule has 4 aromatic rings. The van der Waals surface area contributed by atoms with E-state index in [2.05, 4.69) is 10.1 Å². The molecule has 4 rings (SSSR count). The van der Waals surface area contributed by atoms with Gasteiger partial charge in [-0.05, 0) is 30.3 Å². The van der Waals surface area contributed by atoms with Crippen molar-refractivity contribution in [3.8, 4) is 11.8 Å². The molecule has 0 fully saturated rings. The second kappa shape index (κ2) is 6.06. The first kappa shape index (κ1) is 15.9. The molecule has 0 atom stereocenters. The quantitative estimate of drug-likeness (QED) is 0.543. The molecular weight excluding hydrogens is 350 g/mol. The summed E-state index contributed by atoms with van der Waals surface area (Å²) in [6.07, 6.45) is 1.62. The van der Waals surface area contributed by atoms with E-state index in [1.54, 1.807) is 30.5 Å². The summed E-state index contributed by atoms with van der Waals surface area (Å²) in [5, 5.41) is 15.1. The number of nitriles is 1. The number of nitrogens with one attached hydrogen (secondary N) is 1. The van der Waals surface area contributed by atoms with Crippen molar-refractivity contribution >= 4 is 34.0 Å². The molecule has 0 spiro atoms. The number of hydrogen-bond donors (Lipinski definition) is 2. The third-order valence-electron chi connectivity index (χ3n) is 4.15. The van der Waals surface area contributed by atoms with Crippen LogP contribution in [0.3, 0.4) is 0 Å². The summed E-state index contributed by atoms with van der Waals surface area (Å²) in [6.45, 7) is 0. The van der Waals surface area contributed by atoms with Crippen molar-refractivity contribution in [2.45, 2.75) is 0 Å². The smallest absolute Gasteiger partial charge is 0.217 e. The van der Waals surface area contributed by atoms with E-state index < -0.39 is 0 Å². The molecule has 0 amide bonds. The molecule has 0 aliphatic carbocycles. The number of nitrogen functional groups attached to an aromatic ring is 1. The van der Waals surface area contributed by atoms with E-state index in [4.69, 9.17) is 17.3 Å². The van der Waals surface area contributed by atoms with Gasteiger partial charge in [0.05, 0.1) is 5.69 Å². The average Bonchev–Trinajstić information content (AvgIpc) is 3.23. The molecule has 0 radical (unpaired) electrons. The van der Waals surface area contributed by atoms with Crippen molar-refractivity contribution in [2.24, 2.45) is 0 Å². The van der Waals surface area contributed by atoms with Crippen LogP contribution < -0.4 is 5.73 Å². The van der Waals surface area contributed by atoms with E-state index in [1.807, 2.05) is 30.3 Å². The maximum absolute atomic E-state index is 13.0. The Morgan fingerprint density at radius 3 is 2.65 bits per heavy atom. The zero-order valence-electron chi connectivity index (χ0n) is 13.4. The number of anilines is 1. The van der Waals surface area contributed by atoms with Crippen LogP contribution in [0, 0.1) is 11.3 Å². The van der Waals surface area contributed by atoms with Crippen LogP contribution in [0.4, 0.5) is 5.69 Å². The molecule has 0 aliphatic rings. The highest BCUT2D eigenvalue weighted by Gasteiger charge is 2.24. The van der Waals surface area contributed by atoms with Crippen molar-refractivity contribution < 1.29 is 4.79 Å². The zero-order valence-corrected chi connectivity index (χ0v) is 14.2. The number of fused-ring (bicyclic) bond motifs is 1. The fraction of sp³-hybridized carbons (Fsp3) is 0. The molecular formula is C19H12ClN5O. The minimum atomic E-state index is -0.343. The first-order valence-electron chi connectivity index (χ1n) is 7.75. The lowest BCUT2D eigenvalue weighted by Crippen LogP contribution is -2.05. The van der Waals surface area contributed by atoms with Gasteiger partial charge in [0, 0.05) is 27.7 Å². The molecule has 2 aromatic carbocycles. The minimum absolute atomic E-state index is 0.0428. The predicted octanol–water partition coefficient (Wildman–Crippen LogP) is 3.69. The second-order valence-corrected chi connectivity index (χ2v) is 6.12. The SMILES string of the molecule is N#Cc1c(N)c(C(=O)c2c[nH]c3ccccc23)nn1-c1ccc(Cl)cc1. The number of aromatic amines is 1. The first-order chi connectivity index (χ1) is 12.6. The molecule has 0 unspecified atom stereocenters. The molecule has 0 saturated carbocycles. The van der Waals surface area contributed by atoms with E-state index in [1.165, 1.54) is 4.68 Å². The number of carbonyl (C=O) groups is 1. The third kappa shape index (κ3) is 2.42. The summed E-state index contributed by atoms with van der Waals surface area (Å²) < 4.78 is 1.35. The normalized spacial score (nSPS) is 10.8. The van der Waals surface area contributed by atoms with E-state index in [9.17, 15) is 10.1 Å². The van der Waals surface area contributed by atoms with E-state index in [0.29, 0.717) is 16.3 Å². The predicted molar refractivity (Wildman–Crippen MR) is 99.4 cm³/mol. The van der Waals surface area contributed by atoms with Gasteiger partial charge >= 0.3 is 0 Å². The van der Waals surface area contributed by atoms with Crippen molar-refractivity contribution in [3.05, 3.63) is 76.7 Å². The monoisotopic (exact) mass is 361 g/mol. The van der Waals surface area contributed by atoms with Gasteiger partial charge in [0.2, 0.25) is 5.78 Å². The molecule has 7 heteroatoms. The molecule has 0 aliphatic heterocycles. The average molecular weight is 362 g/mol. The van der Waals surface area contributed by atoms with Gasteiger partial charge in [-0.15, -0.1) is 0 Å². The van der Waals surface area contributed by atoms with Gasteiger partial charge in [0.25, 0.3) is 0 Å². The minimum Gasteiger partial charge on any atom is -0.394 e. The Kier molecular flexibility index (Phi) is 3.72. The molecule has 126 valence electrons. The second-order valence-electron chi connectivity index (χ2n) is 5.69. The summed E-state index contributed by atoms with van der Waals surface area (Å²) in [5.41, 5.74) is 8.16. The summed E-state index contributed by atoms with van der Waals surface area (Å²) in [7, 11) is 0. The lowest BCUT2D eigenvalue weighted by atomic mass is 10.1. The van der Waals surface area contributed by atoms with Crippen molar-refractivity contribution in [1.82, 2.24) is 14.8 Å². The Labute approximate surface area is 153 Å². The number of nitrogens with zero attached hydrogens (tertiary/aromatic N) is 3. The Balaban J connectivity index is 1.86. The van der Waals surface area contributed by atoms with Crippen LogP contribution in [0.1, 0.15) is 21.7 Å². The van der Waals surface area contributed by atoms with E-state index in [-0.39, 0.29) is 22.9 Å². The maximum Gasteiger partial charge on any atom is 0.217 e. The number of aromatic nitrogens is 3. The van der Waals surface area contributed by atoms with Gasteiger partial charge in [0.15, 0.2) is 11.4 Å². The Bertz CT molecular complexity index is 1180. The molecule has 26 heavy (non-hydrogen) atoms. The number of H-pyrrole nitrogens is 1. The summed E-state index contributed by atoms with van der Waals surface area (Å²) >= 11 is 5.91. The number of nitrogens with two attached hydrogens (primary N) is 1. The van der Waals surface area contributed by atoms with Gasteiger partial charge < -0.3 is 10.7 Å². The fourth-order valence-electron chi connectivity index (χ4n) is 2.86. The molecule has 6 nitrogen and oxygen atoms in total. The number of rotatable bonds is 3. The van der Waals surface area contributed by atoms with Crippen molar-refractivity contribution in [3.63, 3.8) is 0 Å². The fourth-order valence-corrected chi connectivity index (χ4v) is 2.99.